The van der Waals surface area contributed by atoms with E-state index in [1.165, 1.54) is 31.6 Å². The fourth-order valence-corrected chi connectivity index (χ4v) is 2.27. The molecule has 1 atom stereocenters. The predicted octanol–water partition coefficient (Wildman–Crippen LogP) is 1.18. The van der Waals surface area contributed by atoms with Gasteiger partial charge in [0.2, 0.25) is 0 Å². The molecule has 0 aromatic rings. The normalized spacial score (nSPS) is 23.6. The Morgan fingerprint density at radius 1 is 1.38 bits per heavy atom. The van der Waals surface area contributed by atoms with Crippen molar-refractivity contribution in [1.29, 1.82) is 0 Å². The van der Waals surface area contributed by atoms with Gasteiger partial charge in [-0.3, -0.25) is 4.90 Å². The first-order chi connectivity index (χ1) is 7.67. The van der Waals surface area contributed by atoms with E-state index in [1.807, 2.05) is 0 Å². The summed E-state index contributed by atoms with van der Waals surface area (Å²) in [6.07, 6.45) is 1.24. The predicted molar refractivity (Wildman–Crippen MR) is 70.8 cm³/mol. The van der Waals surface area contributed by atoms with Crippen molar-refractivity contribution >= 4 is 0 Å². The quantitative estimate of drug-likeness (QED) is 0.685. The standard InChI is InChI=1S/C13H27N3/c1-5-13-11-16(8-7-15(13)4)10-12(3)9-14-6-2/h13-14H,3,5-11H2,1-2,4H3. The molecule has 0 bridgehead atoms. The van der Waals surface area contributed by atoms with Gasteiger partial charge in [0.25, 0.3) is 0 Å². The summed E-state index contributed by atoms with van der Waals surface area (Å²) in [6, 6.07) is 0.723. The maximum absolute atomic E-state index is 4.14. The van der Waals surface area contributed by atoms with Crippen molar-refractivity contribution in [3.8, 4) is 0 Å². The Morgan fingerprint density at radius 2 is 2.12 bits per heavy atom. The molecule has 0 aliphatic carbocycles. The molecule has 0 aromatic heterocycles. The molecule has 1 aliphatic rings. The van der Waals surface area contributed by atoms with Crippen LogP contribution in [0.4, 0.5) is 0 Å². The highest BCUT2D eigenvalue weighted by molar-refractivity contribution is 5.00. The summed E-state index contributed by atoms with van der Waals surface area (Å²) in [6.45, 7) is 15.1. The maximum atomic E-state index is 4.14. The van der Waals surface area contributed by atoms with Gasteiger partial charge in [0.1, 0.15) is 0 Å². The van der Waals surface area contributed by atoms with Gasteiger partial charge in [0.15, 0.2) is 0 Å². The molecule has 94 valence electrons. The van der Waals surface area contributed by atoms with Gasteiger partial charge in [-0.05, 0) is 25.6 Å². The highest BCUT2D eigenvalue weighted by atomic mass is 15.3. The minimum absolute atomic E-state index is 0.723. The maximum Gasteiger partial charge on any atom is 0.0218 e. The summed E-state index contributed by atoms with van der Waals surface area (Å²) in [7, 11) is 2.24. The van der Waals surface area contributed by atoms with E-state index in [0.29, 0.717) is 0 Å². The second kappa shape index (κ2) is 7.05. The Balaban J connectivity index is 2.30. The molecule has 1 rings (SSSR count). The minimum Gasteiger partial charge on any atom is -0.313 e. The van der Waals surface area contributed by atoms with Crippen molar-refractivity contribution < 1.29 is 0 Å². The van der Waals surface area contributed by atoms with Crippen molar-refractivity contribution in [3.63, 3.8) is 0 Å². The van der Waals surface area contributed by atoms with Crippen LogP contribution in [-0.2, 0) is 0 Å². The number of piperazine rings is 1. The summed E-state index contributed by atoms with van der Waals surface area (Å²) in [4.78, 5) is 5.01. The Bertz CT molecular complexity index is 215. The van der Waals surface area contributed by atoms with Crippen molar-refractivity contribution in [3.05, 3.63) is 12.2 Å². The summed E-state index contributed by atoms with van der Waals surface area (Å²) in [5.74, 6) is 0. The highest BCUT2D eigenvalue weighted by Crippen LogP contribution is 2.11. The molecule has 0 spiro atoms. The van der Waals surface area contributed by atoms with E-state index in [4.69, 9.17) is 0 Å². The summed E-state index contributed by atoms with van der Waals surface area (Å²) in [5, 5.41) is 3.33. The van der Waals surface area contributed by atoms with Gasteiger partial charge in [-0.1, -0.05) is 20.4 Å². The van der Waals surface area contributed by atoms with E-state index in [1.54, 1.807) is 0 Å². The average Bonchev–Trinajstić information content (AvgIpc) is 2.29. The second-order valence-corrected chi connectivity index (χ2v) is 4.81. The smallest absolute Gasteiger partial charge is 0.0218 e. The molecule has 1 N–H and O–H groups in total. The molecule has 1 heterocycles. The van der Waals surface area contributed by atoms with Crippen LogP contribution >= 0.6 is 0 Å². The number of hydrogen-bond donors (Lipinski definition) is 1. The van der Waals surface area contributed by atoms with E-state index in [-0.39, 0.29) is 0 Å². The molecular weight excluding hydrogens is 198 g/mol. The first kappa shape index (κ1) is 13.7. The van der Waals surface area contributed by atoms with Crippen molar-refractivity contribution in [2.45, 2.75) is 26.3 Å². The van der Waals surface area contributed by atoms with E-state index < -0.39 is 0 Å². The second-order valence-electron chi connectivity index (χ2n) is 4.81. The van der Waals surface area contributed by atoms with E-state index >= 15 is 0 Å². The summed E-state index contributed by atoms with van der Waals surface area (Å²) >= 11 is 0. The number of nitrogens with zero attached hydrogens (tertiary/aromatic N) is 2. The molecule has 0 aromatic carbocycles. The molecule has 3 nitrogen and oxygen atoms in total. The Labute approximate surface area is 100 Å². The molecule has 3 heteroatoms. The molecule has 1 aliphatic heterocycles. The van der Waals surface area contributed by atoms with Gasteiger partial charge in [-0.15, -0.1) is 0 Å². The Hall–Kier alpha value is -0.380. The summed E-state index contributed by atoms with van der Waals surface area (Å²) < 4.78 is 0. The lowest BCUT2D eigenvalue weighted by Crippen LogP contribution is -2.51. The fraction of sp³-hybridized carbons (Fsp3) is 0.846. The van der Waals surface area contributed by atoms with Crippen LogP contribution in [0.1, 0.15) is 20.3 Å². The first-order valence-electron chi connectivity index (χ1n) is 6.47. The van der Waals surface area contributed by atoms with Crippen LogP contribution in [0, 0.1) is 0 Å². The molecular formula is C13H27N3. The van der Waals surface area contributed by atoms with Crippen LogP contribution in [0.2, 0.25) is 0 Å². The van der Waals surface area contributed by atoms with Crippen LogP contribution in [0.15, 0.2) is 12.2 Å². The van der Waals surface area contributed by atoms with Gasteiger partial charge in [0, 0.05) is 38.8 Å². The SMILES string of the molecule is C=C(CNCC)CN1CCN(C)C(CC)C1. The average molecular weight is 225 g/mol. The first-order valence-corrected chi connectivity index (χ1v) is 6.47. The van der Waals surface area contributed by atoms with Gasteiger partial charge >= 0.3 is 0 Å². The van der Waals surface area contributed by atoms with Gasteiger partial charge < -0.3 is 10.2 Å². The van der Waals surface area contributed by atoms with Gasteiger partial charge in [-0.2, -0.15) is 0 Å². The van der Waals surface area contributed by atoms with E-state index in [9.17, 15) is 0 Å². The van der Waals surface area contributed by atoms with Crippen LogP contribution < -0.4 is 5.32 Å². The van der Waals surface area contributed by atoms with Gasteiger partial charge in [0.05, 0.1) is 0 Å². The molecule has 0 amide bonds. The monoisotopic (exact) mass is 225 g/mol. The lowest BCUT2D eigenvalue weighted by atomic mass is 10.1. The van der Waals surface area contributed by atoms with Crippen LogP contribution in [0.25, 0.3) is 0 Å². The third kappa shape index (κ3) is 4.24. The van der Waals surface area contributed by atoms with E-state index in [2.05, 4.69) is 42.6 Å². The number of nitrogens with one attached hydrogen (secondary N) is 1. The molecule has 1 fully saturated rings. The molecule has 1 saturated heterocycles. The van der Waals surface area contributed by atoms with Crippen molar-refractivity contribution in [1.82, 2.24) is 15.1 Å². The molecule has 0 saturated carbocycles. The van der Waals surface area contributed by atoms with Crippen molar-refractivity contribution in [2.24, 2.45) is 0 Å². The Morgan fingerprint density at radius 3 is 2.75 bits per heavy atom. The minimum atomic E-state index is 0.723. The van der Waals surface area contributed by atoms with Crippen molar-refractivity contribution in [2.75, 3.05) is 46.3 Å². The third-order valence-corrected chi connectivity index (χ3v) is 3.40. The van der Waals surface area contributed by atoms with E-state index in [0.717, 1.165) is 25.7 Å². The van der Waals surface area contributed by atoms with Crippen LogP contribution in [-0.4, -0.2) is 62.2 Å². The number of rotatable bonds is 6. The lowest BCUT2D eigenvalue weighted by Gasteiger charge is -2.39. The van der Waals surface area contributed by atoms with Crippen LogP contribution in [0.3, 0.4) is 0 Å². The zero-order valence-electron chi connectivity index (χ0n) is 11.1. The topological polar surface area (TPSA) is 18.5 Å². The Kier molecular flexibility index (Phi) is 6.03. The number of hydrogen-bond acceptors (Lipinski definition) is 3. The van der Waals surface area contributed by atoms with Crippen LogP contribution in [0.5, 0.6) is 0 Å². The lowest BCUT2D eigenvalue weighted by molar-refractivity contribution is 0.0997. The molecule has 0 radical (unpaired) electrons. The molecule has 1 unspecified atom stereocenters. The zero-order chi connectivity index (χ0) is 12.0. The number of likely N-dealkylation sites (N-methyl/N-ethyl adjacent to an activating group) is 2. The fourth-order valence-electron chi connectivity index (χ4n) is 2.27. The zero-order valence-corrected chi connectivity index (χ0v) is 11.1. The van der Waals surface area contributed by atoms with Gasteiger partial charge in [-0.25, -0.2) is 0 Å². The molecule has 16 heavy (non-hydrogen) atoms. The highest BCUT2D eigenvalue weighted by Gasteiger charge is 2.22. The third-order valence-electron chi connectivity index (χ3n) is 3.40. The summed E-state index contributed by atoms with van der Waals surface area (Å²) in [5.41, 5.74) is 1.31. The largest absolute Gasteiger partial charge is 0.313 e.